The molecule has 1 aromatic heterocycles. The second-order valence-electron chi connectivity index (χ2n) is 9.93. The number of hydrogen-bond acceptors (Lipinski definition) is 7. The van der Waals surface area contributed by atoms with Gasteiger partial charge in [-0.25, -0.2) is 14.2 Å². The van der Waals surface area contributed by atoms with E-state index in [1.165, 1.54) is 4.57 Å². The van der Waals surface area contributed by atoms with Crippen molar-refractivity contribution in [3.05, 3.63) is 80.1 Å². The number of hydrogen-bond donors (Lipinski definition) is 1. The van der Waals surface area contributed by atoms with Crippen molar-refractivity contribution in [2.24, 2.45) is 5.41 Å². The zero-order valence-electron chi connectivity index (χ0n) is 22.0. The van der Waals surface area contributed by atoms with Crippen molar-refractivity contribution in [1.29, 1.82) is 0 Å². The van der Waals surface area contributed by atoms with Crippen LogP contribution in [-0.4, -0.2) is 32.8 Å². The van der Waals surface area contributed by atoms with E-state index in [2.05, 4.69) is 10.3 Å². The summed E-state index contributed by atoms with van der Waals surface area (Å²) in [4.78, 5) is 43.5. The molecule has 9 nitrogen and oxygen atoms in total. The van der Waals surface area contributed by atoms with Crippen molar-refractivity contribution in [2.45, 2.75) is 66.7 Å². The molecule has 37 heavy (non-hydrogen) atoms. The monoisotopic (exact) mass is 506 g/mol. The van der Waals surface area contributed by atoms with Crippen LogP contribution in [0.15, 0.2) is 52.1 Å². The molecular formula is C28H34N4O5. The number of carbonyl (C=O) groups excluding carboxylic acids is 1. The van der Waals surface area contributed by atoms with Crippen molar-refractivity contribution in [1.82, 2.24) is 14.1 Å². The molecule has 0 aliphatic heterocycles. The molecule has 1 aliphatic rings. The summed E-state index contributed by atoms with van der Waals surface area (Å²) >= 11 is 0. The molecule has 0 atom stereocenters. The molecule has 9 heteroatoms. The van der Waals surface area contributed by atoms with Crippen LogP contribution < -0.4 is 21.4 Å². The van der Waals surface area contributed by atoms with Crippen LogP contribution in [0.2, 0.25) is 0 Å². The molecule has 0 bridgehead atoms. The highest BCUT2D eigenvalue weighted by atomic mass is 16.5. The molecular weight excluding hydrogens is 472 g/mol. The van der Waals surface area contributed by atoms with Gasteiger partial charge < -0.3 is 14.8 Å². The average molecular weight is 507 g/mol. The summed E-state index contributed by atoms with van der Waals surface area (Å²) in [6.07, 6.45) is 1.18. The highest BCUT2D eigenvalue weighted by molar-refractivity contribution is 5.79. The van der Waals surface area contributed by atoms with E-state index in [1.807, 2.05) is 70.2 Å². The summed E-state index contributed by atoms with van der Waals surface area (Å²) in [5, 5.41) is 3.15. The molecule has 1 aliphatic carbocycles. The normalized spacial score (nSPS) is 13.9. The average Bonchev–Trinajstić information content (AvgIpc) is 3.63. The minimum Gasteiger partial charge on any atom is -0.491 e. The maximum atomic E-state index is 13.7. The summed E-state index contributed by atoms with van der Waals surface area (Å²) in [5.41, 5.74) is 1.47. The molecule has 2 aromatic carbocycles. The quantitative estimate of drug-likeness (QED) is 0.415. The Labute approximate surface area is 216 Å². The lowest BCUT2D eigenvalue weighted by molar-refractivity contribution is -0.150. The number of ether oxygens (including phenoxy) is 2. The molecule has 3 aromatic rings. The number of aryl methyl sites for hydroxylation is 2. The molecule has 0 radical (unpaired) electrons. The Kier molecular flexibility index (Phi) is 7.52. The predicted molar refractivity (Wildman–Crippen MR) is 142 cm³/mol. The van der Waals surface area contributed by atoms with Gasteiger partial charge in [-0.15, -0.1) is 0 Å². The van der Waals surface area contributed by atoms with Crippen LogP contribution in [0.5, 0.6) is 5.75 Å². The molecule has 4 rings (SSSR count). The maximum Gasteiger partial charge on any atom is 0.354 e. The van der Waals surface area contributed by atoms with Crippen LogP contribution in [0.1, 0.15) is 50.3 Å². The van der Waals surface area contributed by atoms with Gasteiger partial charge in [-0.05, 0) is 76.8 Å². The van der Waals surface area contributed by atoms with Crippen molar-refractivity contribution in [3.8, 4) is 5.75 Å². The molecule has 0 amide bonds. The summed E-state index contributed by atoms with van der Waals surface area (Å²) in [6, 6.07) is 13.3. The van der Waals surface area contributed by atoms with Crippen LogP contribution in [0.4, 0.5) is 11.6 Å². The van der Waals surface area contributed by atoms with Crippen LogP contribution in [-0.2, 0) is 22.6 Å². The van der Waals surface area contributed by atoms with Gasteiger partial charge in [-0.1, -0.05) is 29.8 Å². The van der Waals surface area contributed by atoms with Gasteiger partial charge >= 0.3 is 17.3 Å². The van der Waals surface area contributed by atoms with E-state index < -0.39 is 16.8 Å². The summed E-state index contributed by atoms with van der Waals surface area (Å²) in [5.74, 6) is 0.507. The number of nitrogens with zero attached hydrogens (tertiary/aromatic N) is 3. The summed E-state index contributed by atoms with van der Waals surface area (Å²) in [6.45, 7) is 9.97. The predicted octanol–water partition coefficient (Wildman–Crippen LogP) is 3.94. The van der Waals surface area contributed by atoms with E-state index >= 15 is 0 Å². The third-order valence-electron chi connectivity index (χ3n) is 6.43. The molecule has 196 valence electrons. The standard InChI is InChI=1S/C28H34N4O5/c1-6-36-24(33)28(13-14-28)17-32-26(34)30-25(29-22-11-12-23(20(5)15-22)37-18(2)3)31(27(32)35)16-21-9-7-19(4)8-10-21/h7-12,15,18H,6,13-14,16-17H2,1-5H3,(H,29,30,34). The van der Waals surface area contributed by atoms with Crippen molar-refractivity contribution < 1.29 is 14.3 Å². The van der Waals surface area contributed by atoms with E-state index in [1.54, 1.807) is 6.92 Å². The fraction of sp³-hybridized carbons (Fsp3) is 0.429. The third-order valence-corrected chi connectivity index (χ3v) is 6.43. The minimum atomic E-state index is -0.847. The number of esters is 1. The first kappa shape index (κ1) is 26.2. The number of aromatic nitrogens is 3. The number of rotatable bonds is 10. The lowest BCUT2D eigenvalue weighted by Gasteiger charge is -2.19. The van der Waals surface area contributed by atoms with Crippen LogP contribution in [0.3, 0.4) is 0 Å². The fourth-order valence-corrected chi connectivity index (χ4v) is 4.19. The van der Waals surface area contributed by atoms with Crippen molar-refractivity contribution in [2.75, 3.05) is 11.9 Å². The van der Waals surface area contributed by atoms with Gasteiger partial charge in [0.25, 0.3) is 0 Å². The number of anilines is 2. The smallest absolute Gasteiger partial charge is 0.354 e. The highest BCUT2D eigenvalue weighted by Crippen LogP contribution is 2.47. The first-order valence-electron chi connectivity index (χ1n) is 12.6. The van der Waals surface area contributed by atoms with Gasteiger partial charge in [0.15, 0.2) is 0 Å². The van der Waals surface area contributed by atoms with Gasteiger partial charge in [-0.2, -0.15) is 4.98 Å². The number of benzene rings is 2. The van der Waals surface area contributed by atoms with E-state index in [9.17, 15) is 14.4 Å². The van der Waals surface area contributed by atoms with E-state index in [4.69, 9.17) is 9.47 Å². The molecule has 0 spiro atoms. The van der Waals surface area contributed by atoms with Gasteiger partial charge in [0.2, 0.25) is 5.95 Å². The van der Waals surface area contributed by atoms with E-state index in [-0.39, 0.29) is 37.7 Å². The molecule has 0 unspecified atom stereocenters. The first-order valence-corrected chi connectivity index (χ1v) is 12.6. The van der Waals surface area contributed by atoms with Gasteiger partial charge in [0, 0.05) is 12.2 Å². The lowest BCUT2D eigenvalue weighted by atomic mass is 10.1. The van der Waals surface area contributed by atoms with Crippen molar-refractivity contribution in [3.63, 3.8) is 0 Å². The SMILES string of the molecule is CCOC(=O)C1(Cn2c(=O)nc(Nc3ccc(OC(C)C)c(C)c3)n(Cc3ccc(C)cc3)c2=O)CC1. The largest absolute Gasteiger partial charge is 0.491 e. The molecule has 1 N–H and O–H groups in total. The maximum absolute atomic E-state index is 13.7. The minimum absolute atomic E-state index is 0.0378. The zero-order chi connectivity index (χ0) is 26.7. The molecule has 1 fully saturated rings. The van der Waals surface area contributed by atoms with Gasteiger partial charge in [-0.3, -0.25) is 9.36 Å². The Hall–Kier alpha value is -3.88. The van der Waals surface area contributed by atoms with Gasteiger partial charge in [0.1, 0.15) is 5.75 Å². The van der Waals surface area contributed by atoms with Crippen LogP contribution in [0, 0.1) is 19.3 Å². The molecule has 0 saturated heterocycles. The zero-order valence-corrected chi connectivity index (χ0v) is 22.0. The highest BCUT2D eigenvalue weighted by Gasteiger charge is 2.52. The third kappa shape index (κ3) is 5.93. The van der Waals surface area contributed by atoms with E-state index in [0.29, 0.717) is 18.5 Å². The Balaban J connectivity index is 1.73. The number of carbonyl (C=O) groups is 1. The van der Waals surface area contributed by atoms with Crippen LogP contribution in [0.25, 0.3) is 0 Å². The van der Waals surface area contributed by atoms with Gasteiger partial charge in [0.05, 0.1) is 24.7 Å². The fourth-order valence-electron chi connectivity index (χ4n) is 4.19. The second kappa shape index (κ2) is 10.6. The second-order valence-corrected chi connectivity index (χ2v) is 9.93. The van der Waals surface area contributed by atoms with E-state index in [0.717, 1.165) is 27.0 Å². The Morgan fingerprint density at radius 1 is 1.08 bits per heavy atom. The lowest BCUT2D eigenvalue weighted by Crippen LogP contribution is -2.45. The Bertz CT molecular complexity index is 1400. The summed E-state index contributed by atoms with van der Waals surface area (Å²) in [7, 11) is 0. The summed E-state index contributed by atoms with van der Waals surface area (Å²) < 4.78 is 13.5. The first-order chi connectivity index (χ1) is 17.6. The topological polar surface area (TPSA) is 104 Å². The Morgan fingerprint density at radius 2 is 1.78 bits per heavy atom. The van der Waals surface area contributed by atoms with Crippen LogP contribution >= 0.6 is 0 Å². The van der Waals surface area contributed by atoms with Crippen molar-refractivity contribution >= 4 is 17.6 Å². The number of nitrogens with one attached hydrogen (secondary N) is 1. The Morgan fingerprint density at radius 3 is 2.38 bits per heavy atom. The molecule has 1 saturated carbocycles. The molecule has 1 heterocycles.